The van der Waals surface area contributed by atoms with Gasteiger partial charge in [0.25, 0.3) is 0 Å². The van der Waals surface area contributed by atoms with Crippen molar-refractivity contribution in [2.75, 3.05) is 0 Å². The minimum absolute atomic E-state index is 0.164. The minimum atomic E-state index is -0.176. The van der Waals surface area contributed by atoms with Crippen LogP contribution in [0.1, 0.15) is 49.9 Å². The lowest BCUT2D eigenvalue weighted by atomic mass is 9.80. The zero-order chi connectivity index (χ0) is 87.3. The average Bonchev–Trinajstić information content (AvgIpc) is 1.54. The van der Waals surface area contributed by atoms with E-state index < -0.39 is 0 Å². The highest BCUT2D eigenvalue weighted by atomic mass is 32.1. The van der Waals surface area contributed by atoms with Gasteiger partial charge in [-0.1, -0.05) is 325 Å². The molecule has 0 fully saturated rings. The molecule has 0 unspecified atom stereocenters. The smallest absolute Gasteiger partial charge is 0.0547 e. The summed E-state index contributed by atoms with van der Waals surface area (Å²) in [5.74, 6) is 0. The molecule has 0 N–H and O–H groups in total. The van der Waals surface area contributed by atoms with Gasteiger partial charge in [0.05, 0.1) is 44.1 Å². The first kappa shape index (κ1) is 76.1. The van der Waals surface area contributed by atoms with E-state index in [4.69, 9.17) is 0 Å². The van der Waals surface area contributed by atoms with Crippen molar-refractivity contribution in [3.05, 3.63) is 459 Å². The van der Waals surface area contributed by atoms with Gasteiger partial charge in [-0.2, -0.15) is 0 Å². The molecule has 0 atom stereocenters. The maximum atomic E-state index is 2.50. The summed E-state index contributed by atoms with van der Waals surface area (Å²) in [4.78, 5) is 0. The van der Waals surface area contributed by atoms with Gasteiger partial charge in [0.2, 0.25) is 0 Å². The summed E-state index contributed by atoms with van der Waals surface area (Å²) in [6.07, 6.45) is 0. The Balaban J connectivity index is 0.000000135. The van der Waals surface area contributed by atoms with Crippen molar-refractivity contribution in [1.29, 1.82) is 0 Å². The molecule has 0 bridgehead atoms. The Morgan fingerprint density at radius 2 is 0.447 bits per heavy atom. The molecule has 6 aromatic heterocycles. The molecule has 2 aliphatic rings. The van der Waals surface area contributed by atoms with E-state index in [1.54, 1.807) is 0 Å². The summed E-state index contributed by atoms with van der Waals surface area (Å²) in [6.45, 7) is 9.69. The Hall–Kier alpha value is -16.0. The Kier molecular flexibility index (Phi) is 16.9. The number of aromatic nitrogens is 4. The topological polar surface area (TPSA) is 19.7 Å². The third kappa shape index (κ3) is 11.6. The molecule has 0 spiro atoms. The number of benzene rings is 20. The molecule has 0 amide bonds. The third-order valence-corrected chi connectivity index (χ3v) is 31.2. The lowest BCUT2D eigenvalue weighted by molar-refractivity contribution is 0.666. The molecule has 0 radical (unpaired) electrons. The SMILES string of the molecule is CC1(C)c2cc(-n3c4ccccc4c4cc(-c5ccc6c7ccccc7n(-c7cc(-c8ccccc8)cc(-c8ccccc8)c7)c6c5)ccc43)ccc2-c2ccc3sc4ccccc4c3c21.CC1(C)c2cc(-n3c4ccccc4c4ccc(-c5ccc6c7ccccc7n(-c7cc(-c8ccccc8)cc(-c8ccccc8)c7)c6c5)cc43)ccc2-c2ccc3sc4ccccc4c3c21. The van der Waals surface area contributed by atoms with E-state index in [0.29, 0.717) is 0 Å². The van der Waals surface area contributed by atoms with E-state index in [2.05, 4.69) is 483 Å². The number of nitrogens with zero attached hydrogens (tertiary/aromatic N) is 4. The van der Waals surface area contributed by atoms with Crippen LogP contribution >= 0.6 is 22.7 Å². The van der Waals surface area contributed by atoms with Crippen molar-refractivity contribution in [3.63, 3.8) is 0 Å². The van der Waals surface area contributed by atoms with Crippen molar-refractivity contribution in [2.45, 2.75) is 38.5 Å². The molecule has 20 aromatic carbocycles. The van der Waals surface area contributed by atoms with Crippen molar-refractivity contribution < 1.29 is 0 Å². The Bertz CT molecular complexity index is 9210. The maximum Gasteiger partial charge on any atom is 0.0547 e. The molecule has 0 saturated carbocycles. The number of fused-ring (bicyclic) bond motifs is 26. The lowest BCUT2D eigenvalue weighted by Crippen LogP contribution is -2.15. The first-order valence-electron chi connectivity index (χ1n) is 45.8. The highest BCUT2D eigenvalue weighted by molar-refractivity contribution is 7.26. The fourth-order valence-corrected chi connectivity index (χ4v) is 25.1. The summed E-state index contributed by atoms with van der Waals surface area (Å²) in [7, 11) is 0. The van der Waals surface area contributed by atoms with Crippen molar-refractivity contribution in [2.24, 2.45) is 0 Å². The quantitative estimate of drug-likeness (QED) is 0.130. The Morgan fingerprint density at radius 1 is 0.167 bits per heavy atom. The highest BCUT2D eigenvalue weighted by Gasteiger charge is 2.41. The van der Waals surface area contributed by atoms with E-state index in [1.165, 1.54) is 250 Å². The normalized spacial score (nSPS) is 13.1. The Morgan fingerprint density at radius 3 is 0.818 bits per heavy atom. The van der Waals surface area contributed by atoms with Gasteiger partial charge in [-0.15, -0.1) is 22.7 Å². The van der Waals surface area contributed by atoms with Crippen molar-refractivity contribution in [3.8, 4) is 112 Å². The minimum Gasteiger partial charge on any atom is -0.309 e. The summed E-state index contributed by atoms with van der Waals surface area (Å²) in [5.41, 5.74) is 39.4. The van der Waals surface area contributed by atoms with Crippen molar-refractivity contribution in [1.82, 2.24) is 18.3 Å². The van der Waals surface area contributed by atoms with Gasteiger partial charge in [0.15, 0.2) is 0 Å². The molecular formula is C126H84N4S2. The fourth-order valence-electron chi connectivity index (χ4n) is 22.9. The van der Waals surface area contributed by atoms with Gasteiger partial charge >= 0.3 is 0 Å². The van der Waals surface area contributed by atoms with Crippen LogP contribution in [0, 0.1) is 0 Å². The second kappa shape index (κ2) is 29.3. The molecule has 620 valence electrons. The van der Waals surface area contributed by atoms with E-state index in [9.17, 15) is 0 Å². The molecule has 2 aliphatic carbocycles. The second-order valence-corrected chi connectivity index (χ2v) is 39.1. The first-order chi connectivity index (χ1) is 64.9. The van der Waals surface area contributed by atoms with Crippen LogP contribution < -0.4 is 0 Å². The summed E-state index contributed by atoms with van der Waals surface area (Å²) >= 11 is 3.81. The van der Waals surface area contributed by atoms with Crippen molar-refractivity contribution >= 4 is 150 Å². The van der Waals surface area contributed by atoms with Crippen LogP contribution in [0.25, 0.3) is 239 Å². The van der Waals surface area contributed by atoms with Crippen LogP contribution in [0.3, 0.4) is 0 Å². The molecule has 0 aliphatic heterocycles. The molecule has 26 aromatic rings. The average molecular weight is 1720 g/mol. The van der Waals surface area contributed by atoms with Crippen LogP contribution in [0.5, 0.6) is 0 Å². The number of hydrogen-bond donors (Lipinski definition) is 0. The number of para-hydroxylation sites is 4. The molecule has 6 heteroatoms. The van der Waals surface area contributed by atoms with E-state index in [1.807, 2.05) is 22.7 Å². The highest BCUT2D eigenvalue weighted by Crippen LogP contribution is 2.58. The van der Waals surface area contributed by atoms with Gasteiger partial charge in [-0.05, 0) is 251 Å². The fraction of sp³-hybridized carbons (Fsp3) is 0.0476. The molecule has 6 heterocycles. The molecule has 4 nitrogen and oxygen atoms in total. The molecule has 0 saturated heterocycles. The van der Waals surface area contributed by atoms with Gasteiger partial charge in [-0.3, -0.25) is 0 Å². The monoisotopic (exact) mass is 1720 g/mol. The molecular weight excluding hydrogens is 1630 g/mol. The van der Waals surface area contributed by atoms with Gasteiger partial charge in [-0.25, -0.2) is 0 Å². The van der Waals surface area contributed by atoms with E-state index in [0.717, 1.165) is 11.4 Å². The zero-order valence-corrected chi connectivity index (χ0v) is 74.8. The van der Waals surface area contributed by atoms with Crippen LogP contribution in [-0.2, 0) is 10.8 Å². The van der Waals surface area contributed by atoms with Crippen LogP contribution in [0.15, 0.2) is 437 Å². The van der Waals surface area contributed by atoms with E-state index in [-0.39, 0.29) is 10.8 Å². The van der Waals surface area contributed by atoms with Gasteiger partial charge < -0.3 is 18.3 Å². The van der Waals surface area contributed by atoms with Gasteiger partial charge in [0, 0.05) is 117 Å². The Labute approximate surface area is 771 Å². The van der Waals surface area contributed by atoms with E-state index >= 15 is 0 Å². The second-order valence-electron chi connectivity index (χ2n) is 37.0. The molecule has 132 heavy (non-hydrogen) atoms. The number of rotatable bonds is 10. The molecule has 28 rings (SSSR count). The largest absolute Gasteiger partial charge is 0.309 e. The van der Waals surface area contributed by atoms with Crippen LogP contribution in [-0.4, -0.2) is 18.3 Å². The first-order valence-corrected chi connectivity index (χ1v) is 47.5. The zero-order valence-electron chi connectivity index (χ0n) is 73.2. The predicted octanol–water partition coefficient (Wildman–Crippen LogP) is 35.1. The third-order valence-electron chi connectivity index (χ3n) is 28.9. The van der Waals surface area contributed by atoms with Gasteiger partial charge in [0.1, 0.15) is 0 Å². The van der Waals surface area contributed by atoms with Crippen LogP contribution in [0.2, 0.25) is 0 Å². The summed E-state index contributed by atoms with van der Waals surface area (Å²) in [6, 6.07) is 162. The predicted molar refractivity (Wildman–Crippen MR) is 564 cm³/mol. The number of thiophene rings is 2. The van der Waals surface area contributed by atoms with Crippen LogP contribution in [0.4, 0.5) is 0 Å². The standard InChI is InChI=1S/2C63H42N2S/c1-63(2)54-38-45(27-29-47(54)51-30-32-60-61(62(51)63)52-21-11-14-24-59(52)66-60)64-56-23-13-10-20-49(56)53-36-41(26-31-57(53)64)42-25-28-50-48-19-9-12-22-55(48)65(58(50)37-42)46-34-43(39-15-5-3-6-16-39)33-44(35-46)40-17-7-4-8-18-40;1-63(2)54-38-45(27-30-47(54)52-31-32-60-61(62(52)63)53-21-11-14-24-59(53)66-60)64-55-22-12-9-19-48(55)50-28-25-41(36-57(50)64)42-26-29-51-49-20-10-13-23-56(49)65(58(51)37-42)46-34-43(39-15-5-3-6-16-39)33-44(35-46)40-17-7-4-8-18-40/h2*3-38H,1-2H3. The summed E-state index contributed by atoms with van der Waals surface area (Å²) in [5, 5.41) is 15.6. The summed E-state index contributed by atoms with van der Waals surface area (Å²) < 4.78 is 15.4. The maximum absolute atomic E-state index is 2.50. The number of hydrogen-bond acceptors (Lipinski definition) is 2. The lowest BCUT2D eigenvalue weighted by Gasteiger charge is -2.23.